The van der Waals surface area contributed by atoms with Crippen LogP contribution in [-0.2, 0) is 22.6 Å². The molecule has 1 atom stereocenters. The highest BCUT2D eigenvalue weighted by Gasteiger charge is 2.30. The summed E-state index contributed by atoms with van der Waals surface area (Å²) in [6, 6.07) is 25.5. The first-order valence-electron chi connectivity index (χ1n) is 11.1. The molecule has 2 amide bonds. The van der Waals surface area contributed by atoms with Crippen LogP contribution in [0.15, 0.2) is 97.6 Å². The Balaban J connectivity index is 1.88. The van der Waals surface area contributed by atoms with E-state index < -0.39 is 6.04 Å². The van der Waals surface area contributed by atoms with Gasteiger partial charge in [0.1, 0.15) is 17.5 Å². The first kappa shape index (κ1) is 24.6. The Morgan fingerprint density at radius 1 is 0.912 bits per heavy atom. The van der Waals surface area contributed by atoms with Gasteiger partial charge in [-0.3, -0.25) is 9.59 Å². The third-order valence-corrected chi connectivity index (χ3v) is 5.31. The number of hydrogen-bond donors (Lipinski definition) is 1. The molecule has 0 heterocycles. The maximum absolute atomic E-state index is 13.4. The number of amides is 2. The minimum atomic E-state index is -0.726. The predicted molar refractivity (Wildman–Crippen MR) is 133 cm³/mol. The Labute approximate surface area is 200 Å². The van der Waals surface area contributed by atoms with Gasteiger partial charge in [-0.15, -0.1) is 6.58 Å². The summed E-state index contributed by atoms with van der Waals surface area (Å²) in [6.07, 6.45) is 1.99. The number of ether oxygens (including phenoxy) is 2. The van der Waals surface area contributed by atoms with Gasteiger partial charge >= 0.3 is 0 Å². The zero-order valence-corrected chi connectivity index (χ0v) is 19.4. The van der Waals surface area contributed by atoms with E-state index in [1.165, 1.54) is 0 Å². The second-order valence-corrected chi connectivity index (χ2v) is 7.71. The fourth-order valence-electron chi connectivity index (χ4n) is 3.52. The molecule has 0 bridgehead atoms. The number of carbonyl (C=O) groups excluding carboxylic acids is 2. The standard InChI is InChI=1S/C28H30N2O4/c1-3-18-29-28(32)26(19-22-10-6-4-7-11-22)30(20-23-14-16-24(33-2)17-15-23)27(31)21-34-25-12-8-5-9-13-25/h3-17,26H,1,18-21H2,2H3,(H,29,32)/t26-/m0/s1. The minimum Gasteiger partial charge on any atom is -0.497 e. The minimum absolute atomic E-state index is 0.180. The van der Waals surface area contributed by atoms with Crippen LogP contribution < -0.4 is 14.8 Å². The van der Waals surface area contributed by atoms with Gasteiger partial charge in [-0.1, -0.05) is 66.7 Å². The zero-order valence-electron chi connectivity index (χ0n) is 19.4. The van der Waals surface area contributed by atoms with Crippen molar-refractivity contribution in [3.8, 4) is 11.5 Å². The van der Waals surface area contributed by atoms with Gasteiger partial charge in [0.25, 0.3) is 5.91 Å². The summed E-state index contributed by atoms with van der Waals surface area (Å²) in [4.78, 5) is 28.2. The van der Waals surface area contributed by atoms with Crippen LogP contribution in [0.1, 0.15) is 11.1 Å². The molecule has 3 aromatic rings. The van der Waals surface area contributed by atoms with Crippen molar-refractivity contribution in [3.05, 3.63) is 109 Å². The lowest BCUT2D eigenvalue weighted by Gasteiger charge is -2.31. The van der Waals surface area contributed by atoms with E-state index in [1.807, 2.05) is 72.8 Å². The van der Waals surface area contributed by atoms with Gasteiger partial charge in [-0.25, -0.2) is 0 Å². The number of benzene rings is 3. The zero-order chi connectivity index (χ0) is 24.2. The molecule has 0 spiro atoms. The summed E-state index contributed by atoms with van der Waals surface area (Å²) < 4.78 is 11.0. The van der Waals surface area contributed by atoms with Crippen LogP contribution >= 0.6 is 0 Å². The topological polar surface area (TPSA) is 67.9 Å². The molecule has 0 aliphatic rings. The van der Waals surface area contributed by atoms with E-state index in [2.05, 4.69) is 11.9 Å². The smallest absolute Gasteiger partial charge is 0.261 e. The van der Waals surface area contributed by atoms with Crippen molar-refractivity contribution in [2.75, 3.05) is 20.3 Å². The molecule has 176 valence electrons. The normalized spacial score (nSPS) is 11.2. The van der Waals surface area contributed by atoms with Gasteiger partial charge in [-0.2, -0.15) is 0 Å². The third kappa shape index (κ3) is 7.24. The van der Waals surface area contributed by atoms with Crippen LogP contribution in [0.3, 0.4) is 0 Å². The van der Waals surface area contributed by atoms with E-state index in [0.29, 0.717) is 18.7 Å². The number of para-hydroxylation sites is 1. The van der Waals surface area contributed by atoms with Gasteiger partial charge in [0.05, 0.1) is 7.11 Å². The van der Waals surface area contributed by atoms with Crippen LogP contribution in [0.4, 0.5) is 0 Å². The van der Waals surface area contributed by atoms with Gasteiger partial charge in [-0.05, 0) is 35.4 Å². The maximum Gasteiger partial charge on any atom is 0.261 e. The van der Waals surface area contributed by atoms with E-state index in [9.17, 15) is 9.59 Å². The highest BCUT2D eigenvalue weighted by Crippen LogP contribution is 2.18. The molecule has 0 fully saturated rings. The molecule has 6 heteroatoms. The fraction of sp³-hybridized carbons (Fsp3) is 0.214. The molecule has 0 aliphatic carbocycles. The molecule has 0 saturated heterocycles. The van der Waals surface area contributed by atoms with Crippen LogP contribution in [0.2, 0.25) is 0 Å². The third-order valence-electron chi connectivity index (χ3n) is 5.31. The van der Waals surface area contributed by atoms with E-state index in [-0.39, 0.29) is 25.0 Å². The molecular weight excluding hydrogens is 428 g/mol. The van der Waals surface area contributed by atoms with Crippen molar-refractivity contribution in [3.63, 3.8) is 0 Å². The fourth-order valence-corrected chi connectivity index (χ4v) is 3.52. The van der Waals surface area contributed by atoms with Gasteiger partial charge < -0.3 is 19.7 Å². The number of rotatable bonds is 12. The van der Waals surface area contributed by atoms with E-state index >= 15 is 0 Å². The van der Waals surface area contributed by atoms with Crippen LogP contribution in [-0.4, -0.2) is 43.0 Å². The molecule has 0 aliphatic heterocycles. The molecule has 0 aromatic heterocycles. The van der Waals surface area contributed by atoms with Gasteiger partial charge in [0.15, 0.2) is 6.61 Å². The van der Waals surface area contributed by atoms with Crippen molar-refractivity contribution in [1.29, 1.82) is 0 Å². The van der Waals surface area contributed by atoms with E-state index in [0.717, 1.165) is 16.9 Å². The average Bonchev–Trinajstić information content (AvgIpc) is 2.89. The highest BCUT2D eigenvalue weighted by atomic mass is 16.5. The first-order valence-corrected chi connectivity index (χ1v) is 11.1. The number of methoxy groups -OCH3 is 1. The van der Waals surface area contributed by atoms with Gasteiger partial charge in [0.2, 0.25) is 5.91 Å². The van der Waals surface area contributed by atoms with Crippen LogP contribution in [0.5, 0.6) is 11.5 Å². The maximum atomic E-state index is 13.4. The molecule has 6 nitrogen and oxygen atoms in total. The second-order valence-electron chi connectivity index (χ2n) is 7.71. The molecule has 1 N–H and O–H groups in total. The largest absolute Gasteiger partial charge is 0.497 e. The summed E-state index contributed by atoms with van der Waals surface area (Å²) in [6.45, 7) is 4.06. The van der Waals surface area contributed by atoms with Crippen molar-refractivity contribution in [2.45, 2.75) is 19.0 Å². The molecule has 0 saturated carbocycles. The number of carbonyl (C=O) groups is 2. The van der Waals surface area contributed by atoms with Crippen LogP contribution in [0, 0.1) is 0 Å². The summed E-state index contributed by atoms with van der Waals surface area (Å²) in [5.74, 6) is 0.786. The molecule has 34 heavy (non-hydrogen) atoms. The Hall–Kier alpha value is -4.06. The predicted octanol–water partition coefficient (Wildman–Crippen LogP) is 4.02. The summed E-state index contributed by atoms with van der Waals surface area (Å²) >= 11 is 0. The monoisotopic (exact) mass is 458 g/mol. The van der Waals surface area contributed by atoms with Crippen molar-refractivity contribution in [2.24, 2.45) is 0 Å². The first-order chi connectivity index (χ1) is 16.6. The van der Waals surface area contributed by atoms with Crippen LogP contribution in [0.25, 0.3) is 0 Å². The van der Waals surface area contributed by atoms with Gasteiger partial charge in [0, 0.05) is 19.5 Å². The molecule has 0 radical (unpaired) electrons. The Bertz CT molecular complexity index is 1050. The average molecular weight is 459 g/mol. The lowest BCUT2D eigenvalue weighted by Crippen LogP contribution is -2.51. The lowest BCUT2D eigenvalue weighted by atomic mass is 10.0. The summed E-state index contributed by atoms with van der Waals surface area (Å²) in [5, 5.41) is 2.85. The quantitative estimate of drug-likeness (QED) is 0.417. The molecular formula is C28H30N2O4. The summed E-state index contributed by atoms with van der Waals surface area (Å²) in [5.41, 5.74) is 1.83. The van der Waals surface area contributed by atoms with Crippen molar-refractivity contribution >= 4 is 11.8 Å². The number of hydrogen-bond acceptors (Lipinski definition) is 4. The Morgan fingerprint density at radius 3 is 2.18 bits per heavy atom. The molecule has 3 aromatic carbocycles. The summed E-state index contributed by atoms with van der Waals surface area (Å²) in [7, 11) is 1.60. The van der Waals surface area contributed by atoms with E-state index in [4.69, 9.17) is 9.47 Å². The van der Waals surface area contributed by atoms with E-state index in [1.54, 1.807) is 30.2 Å². The van der Waals surface area contributed by atoms with Crippen molar-refractivity contribution < 1.29 is 19.1 Å². The van der Waals surface area contributed by atoms with Crippen molar-refractivity contribution in [1.82, 2.24) is 10.2 Å². The second kappa shape index (κ2) is 12.8. The SMILES string of the molecule is C=CCNC(=O)[C@H](Cc1ccccc1)N(Cc1ccc(OC)cc1)C(=O)COc1ccccc1. The number of nitrogens with one attached hydrogen (secondary N) is 1. The highest BCUT2D eigenvalue weighted by molar-refractivity contribution is 5.88. The molecule has 3 rings (SSSR count). The number of nitrogens with zero attached hydrogens (tertiary/aromatic N) is 1. The molecule has 0 unspecified atom stereocenters. The Morgan fingerprint density at radius 2 is 1.56 bits per heavy atom. The lowest BCUT2D eigenvalue weighted by molar-refractivity contribution is -0.142. The Kier molecular flexibility index (Phi) is 9.29.